The van der Waals surface area contributed by atoms with Crippen LogP contribution in [0.1, 0.15) is 31.2 Å². The van der Waals surface area contributed by atoms with E-state index in [1.807, 2.05) is 19.1 Å². The molecule has 0 aliphatic heterocycles. The van der Waals surface area contributed by atoms with Gasteiger partial charge in [0.1, 0.15) is 0 Å². The Labute approximate surface area is 124 Å². The third-order valence-electron chi connectivity index (χ3n) is 4.02. The molecule has 0 spiro atoms. The van der Waals surface area contributed by atoms with E-state index in [1.54, 1.807) is 12.1 Å². The van der Waals surface area contributed by atoms with E-state index in [0.717, 1.165) is 31.2 Å². The zero-order valence-electron chi connectivity index (χ0n) is 12.3. The highest BCUT2D eigenvalue weighted by molar-refractivity contribution is 6.39. The molecule has 21 heavy (non-hydrogen) atoms. The molecule has 114 valence electrons. The number of anilines is 1. The molecule has 5 heteroatoms. The molecule has 1 aliphatic rings. The van der Waals surface area contributed by atoms with Crippen LogP contribution >= 0.6 is 0 Å². The fourth-order valence-corrected chi connectivity index (χ4v) is 2.68. The van der Waals surface area contributed by atoms with Gasteiger partial charge in [0.05, 0.1) is 6.10 Å². The fourth-order valence-electron chi connectivity index (χ4n) is 2.68. The SMILES string of the molecule is Cc1ccccc1NC(=O)C(=O)NCC(O)C1CCCC1. The third-order valence-corrected chi connectivity index (χ3v) is 4.02. The van der Waals surface area contributed by atoms with E-state index in [-0.39, 0.29) is 12.5 Å². The minimum atomic E-state index is -0.713. The number of amides is 2. The van der Waals surface area contributed by atoms with Gasteiger partial charge in [0, 0.05) is 12.2 Å². The Balaban J connectivity index is 1.80. The lowest BCUT2D eigenvalue weighted by Gasteiger charge is -2.17. The number of aliphatic hydroxyl groups excluding tert-OH is 1. The number of carbonyl (C=O) groups excluding carboxylic acids is 2. The number of aliphatic hydroxyl groups is 1. The molecule has 2 amide bonds. The Morgan fingerprint density at radius 2 is 1.90 bits per heavy atom. The number of rotatable bonds is 4. The summed E-state index contributed by atoms with van der Waals surface area (Å²) in [6.45, 7) is 1.99. The summed E-state index contributed by atoms with van der Waals surface area (Å²) in [6, 6.07) is 7.26. The molecule has 1 saturated carbocycles. The Hall–Kier alpha value is -1.88. The predicted octanol–water partition coefficient (Wildman–Crippen LogP) is 1.60. The number of carbonyl (C=O) groups is 2. The van der Waals surface area contributed by atoms with Crippen molar-refractivity contribution >= 4 is 17.5 Å². The van der Waals surface area contributed by atoms with Crippen LogP contribution in [0.5, 0.6) is 0 Å². The summed E-state index contributed by atoms with van der Waals surface area (Å²) < 4.78 is 0. The molecule has 1 aromatic carbocycles. The lowest BCUT2D eigenvalue weighted by Crippen LogP contribution is -2.41. The maximum Gasteiger partial charge on any atom is 0.313 e. The van der Waals surface area contributed by atoms with Crippen LogP contribution in [0.4, 0.5) is 5.69 Å². The highest BCUT2D eigenvalue weighted by atomic mass is 16.3. The number of nitrogens with one attached hydrogen (secondary N) is 2. The van der Waals surface area contributed by atoms with Crippen molar-refractivity contribution in [3.05, 3.63) is 29.8 Å². The summed E-state index contributed by atoms with van der Waals surface area (Å²) in [5.74, 6) is -1.18. The summed E-state index contributed by atoms with van der Waals surface area (Å²) in [7, 11) is 0. The number of aryl methyl sites for hydroxylation is 1. The largest absolute Gasteiger partial charge is 0.391 e. The number of benzene rings is 1. The van der Waals surface area contributed by atoms with Crippen molar-refractivity contribution in [2.45, 2.75) is 38.7 Å². The number of hydrogen-bond acceptors (Lipinski definition) is 3. The smallest absolute Gasteiger partial charge is 0.313 e. The fraction of sp³-hybridized carbons (Fsp3) is 0.500. The van der Waals surface area contributed by atoms with Crippen LogP contribution in [-0.2, 0) is 9.59 Å². The van der Waals surface area contributed by atoms with Gasteiger partial charge in [-0.25, -0.2) is 0 Å². The lowest BCUT2D eigenvalue weighted by atomic mass is 10.0. The molecular formula is C16H22N2O3. The zero-order valence-corrected chi connectivity index (χ0v) is 12.3. The van der Waals surface area contributed by atoms with Crippen molar-refractivity contribution in [2.24, 2.45) is 5.92 Å². The monoisotopic (exact) mass is 290 g/mol. The van der Waals surface area contributed by atoms with Crippen molar-refractivity contribution in [3.63, 3.8) is 0 Å². The third kappa shape index (κ3) is 4.29. The number of para-hydroxylation sites is 1. The molecule has 5 nitrogen and oxygen atoms in total. The standard InChI is InChI=1S/C16H22N2O3/c1-11-6-2-5-9-13(11)18-16(21)15(20)17-10-14(19)12-7-3-4-8-12/h2,5-6,9,12,14,19H,3-4,7-8,10H2,1H3,(H,17,20)(H,18,21). The average Bonchev–Trinajstić information content (AvgIpc) is 3.01. The first kappa shape index (κ1) is 15.5. The van der Waals surface area contributed by atoms with E-state index in [0.29, 0.717) is 5.69 Å². The first-order chi connectivity index (χ1) is 10.1. The Morgan fingerprint density at radius 3 is 2.57 bits per heavy atom. The topological polar surface area (TPSA) is 78.4 Å². The molecule has 2 rings (SSSR count). The molecule has 0 heterocycles. The maximum absolute atomic E-state index is 11.8. The quantitative estimate of drug-likeness (QED) is 0.737. The van der Waals surface area contributed by atoms with Crippen molar-refractivity contribution in [1.82, 2.24) is 5.32 Å². The van der Waals surface area contributed by atoms with Gasteiger partial charge in [-0.15, -0.1) is 0 Å². The molecule has 0 bridgehead atoms. The first-order valence-corrected chi connectivity index (χ1v) is 7.41. The van der Waals surface area contributed by atoms with Crippen LogP contribution in [0.3, 0.4) is 0 Å². The molecule has 3 N–H and O–H groups in total. The summed E-state index contributed by atoms with van der Waals surface area (Å²) >= 11 is 0. The van der Waals surface area contributed by atoms with Crippen molar-refractivity contribution < 1.29 is 14.7 Å². The number of hydrogen-bond donors (Lipinski definition) is 3. The second-order valence-electron chi connectivity index (χ2n) is 5.59. The molecule has 1 aromatic rings. The minimum Gasteiger partial charge on any atom is -0.391 e. The second-order valence-corrected chi connectivity index (χ2v) is 5.59. The minimum absolute atomic E-state index is 0.130. The van der Waals surface area contributed by atoms with Crippen molar-refractivity contribution in [1.29, 1.82) is 0 Å². The van der Waals surface area contributed by atoms with Crippen LogP contribution in [0.15, 0.2) is 24.3 Å². The van der Waals surface area contributed by atoms with Gasteiger partial charge < -0.3 is 15.7 Å². The van der Waals surface area contributed by atoms with Gasteiger partial charge in [-0.05, 0) is 37.3 Å². The Kier molecular flexibility index (Phi) is 5.33. The van der Waals surface area contributed by atoms with Crippen molar-refractivity contribution in [2.75, 3.05) is 11.9 Å². The highest BCUT2D eigenvalue weighted by Gasteiger charge is 2.24. The van der Waals surface area contributed by atoms with E-state index in [2.05, 4.69) is 10.6 Å². The second kappa shape index (κ2) is 7.22. The molecule has 0 saturated heterocycles. The molecule has 1 unspecified atom stereocenters. The maximum atomic E-state index is 11.8. The summed E-state index contributed by atoms with van der Waals surface area (Å²) in [4.78, 5) is 23.5. The summed E-state index contributed by atoms with van der Waals surface area (Å²) in [5, 5.41) is 15.0. The lowest BCUT2D eigenvalue weighted by molar-refractivity contribution is -0.136. The van der Waals surface area contributed by atoms with Crippen LogP contribution in [0, 0.1) is 12.8 Å². The van der Waals surface area contributed by atoms with Gasteiger partial charge in [0.2, 0.25) is 0 Å². The average molecular weight is 290 g/mol. The molecule has 0 radical (unpaired) electrons. The highest BCUT2D eigenvalue weighted by Crippen LogP contribution is 2.27. The van der Waals surface area contributed by atoms with Gasteiger partial charge in [0.15, 0.2) is 0 Å². The Bertz CT molecular complexity index is 510. The van der Waals surface area contributed by atoms with Gasteiger partial charge >= 0.3 is 11.8 Å². The molecule has 1 atom stereocenters. The van der Waals surface area contributed by atoms with Crippen LogP contribution in [-0.4, -0.2) is 29.6 Å². The van der Waals surface area contributed by atoms with E-state index in [1.165, 1.54) is 0 Å². The van der Waals surface area contributed by atoms with Gasteiger partial charge in [-0.1, -0.05) is 31.0 Å². The molecule has 0 aromatic heterocycles. The van der Waals surface area contributed by atoms with E-state index < -0.39 is 17.9 Å². The van der Waals surface area contributed by atoms with Crippen LogP contribution in [0.2, 0.25) is 0 Å². The van der Waals surface area contributed by atoms with Gasteiger partial charge in [0.25, 0.3) is 0 Å². The normalized spacial score (nSPS) is 16.5. The van der Waals surface area contributed by atoms with Crippen LogP contribution in [0.25, 0.3) is 0 Å². The first-order valence-electron chi connectivity index (χ1n) is 7.41. The van der Waals surface area contributed by atoms with E-state index in [4.69, 9.17) is 0 Å². The summed E-state index contributed by atoms with van der Waals surface area (Å²) in [5.41, 5.74) is 1.51. The molecular weight excluding hydrogens is 268 g/mol. The van der Waals surface area contributed by atoms with Crippen LogP contribution < -0.4 is 10.6 Å². The zero-order chi connectivity index (χ0) is 15.2. The Morgan fingerprint density at radius 1 is 1.24 bits per heavy atom. The van der Waals surface area contributed by atoms with E-state index in [9.17, 15) is 14.7 Å². The van der Waals surface area contributed by atoms with E-state index >= 15 is 0 Å². The molecule has 1 aliphatic carbocycles. The summed E-state index contributed by atoms with van der Waals surface area (Å²) in [6.07, 6.45) is 3.67. The predicted molar refractivity (Wildman–Crippen MR) is 80.8 cm³/mol. The van der Waals surface area contributed by atoms with Gasteiger partial charge in [-0.3, -0.25) is 9.59 Å². The molecule has 1 fully saturated rings. The van der Waals surface area contributed by atoms with Gasteiger partial charge in [-0.2, -0.15) is 0 Å². The van der Waals surface area contributed by atoms with Crippen molar-refractivity contribution in [3.8, 4) is 0 Å².